The van der Waals surface area contributed by atoms with Crippen LogP contribution in [0.25, 0.3) is 21.8 Å². The maximum absolute atomic E-state index is 13.2. The van der Waals surface area contributed by atoms with Crippen molar-refractivity contribution < 1.29 is 9.21 Å². The molecule has 5 rings (SSSR count). The van der Waals surface area contributed by atoms with Crippen LogP contribution in [0.5, 0.6) is 0 Å². The Hall–Kier alpha value is -3.46. The molecule has 0 atom stereocenters. The van der Waals surface area contributed by atoms with Crippen molar-refractivity contribution in [2.45, 2.75) is 52.5 Å². The summed E-state index contributed by atoms with van der Waals surface area (Å²) in [5, 5.41) is 3.91. The second-order valence-electron chi connectivity index (χ2n) is 8.71. The van der Waals surface area contributed by atoms with Crippen LogP contribution in [0.2, 0.25) is 0 Å². The highest BCUT2D eigenvalue weighted by molar-refractivity contribution is 7.22. The first-order chi connectivity index (χ1) is 17.1. The number of carbonyl (C=O) groups excluding carboxylic acids is 1. The summed E-state index contributed by atoms with van der Waals surface area (Å²) in [5.74, 6) is 0.230. The first-order valence-corrected chi connectivity index (χ1v) is 13.0. The summed E-state index contributed by atoms with van der Waals surface area (Å²) in [4.78, 5) is 38.4. The number of furan rings is 1. The summed E-state index contributed by atoms with van der Waals surface area (Å²) in [6.07, 6.45) is 6.61. The zero-order valence-electron chi connectivity index (χ0n) is 20.0. The summed E-state index contributed by atoms with van der Waals surface area (Å²) in [5.41, 5.74) is 3.49. The lowest BCUT2D eigenvalue weighted by molar-refractivity contribution is -0.116. The lowest BCUT2D eigenvalue weighted by atomic mass is 10.0. The molecule has 0 spiro atoms. The molecule has 1 N–H and O–H groups in total. The van der Waals surface area contributed by atoms with Crippen molar-refractivity contribution in [3.05, 3.63) is 58.2 Å². The van der Waals surface area contributed by atoms with Crippen molar-refractivity contribution in [1.29, 1.82) is 0 Å². The van der Waals surface area contributed by atoms with E-state index in [4.69, 9.17) is 9.40 Å². The van der Waals surface area contributed by atoms with Gasteiger partial charge in [-0.2, -0.15) is 4.98 Å². The van der Waals surface area contributed by atoms with Gasteiger partial charge in [-0.15, -0.1) is 0 Å². The number of rotatable bonds is 7. The highest BCUT2D eigenvalue weighted by atomic mass is 32.1. The molecule has 1 fully saturated rings. The van der Waals surface area contributed by atoms with Crippen LogP contribution in [0.1, 0.15) is 44.2 Å². The van der Waals surface area contributed by atoms with E-state index < -0.39 is 5.69 Å². The fraction of sp³-hybridized carbons (Fsp3) is 0.385. The van der Waals surface area contributed by atoms with Gasteiger partial charge in [0.25, 0.3) is 0 Å². The average molecular weight is 492 g/mol. The fourth-order valence-electron chi connectivity index (χ4n) is 4.60. The molecule has 4 heterocycles. The number of fused-ring (bicyclic) bond motifs is 1. The lowest BCUT2D eigenvalue weighted by Crippen LogP contribution is -2.30. The van der Waals surface area contributed by atoms with Crippen LogP contribution in [0.3, 0.4) is 0 Å². The van der Waals surface area contributed by atoms with Gasteiger partial charge in [-0.1, -0.05) is 43.4 Å². The number of amides is 1. The van der Waals surface area contributed by atoms with E-state index in [1.54, 1.807) is 18.4 Å². The molecular formula is C26H29N5O3S. The number of aryl methyl sites for hydroxylation is 2. The largest absolute Gasteiger partial charge is 0.463 e. The molecule has 9 heteroatoms. The molecule has 3 aromatic heterocycles. The molecule has 0 aliphatic carbocycles. The number of piperidine rings is 1. The van der Waals surface area contributed by atoms with Gasteiger partial charge < -0.3 is 14.6 Å². The quantitative estimate of drug-likeness (QED) is 0.397. The minimum absolute atomic E-state index is 0.135. The molecule has 182 valence electrons. The highest BCUT2D eigenvalue weighted by Gasteiger charge is 2.23. The normalized spacial score (nSPS) is 13.9. The predicted molar refractivity (Wildman–Crippen MR) is 139 cm³/mol. The van der Waals surface area contributed by atoms with Crippen LogP contribution >= 0.6 is 11.3 Å². The van der Waals surface area contributed by atoms with E-state index in [0.29, 0.717) is 21.8 Å². The zero-order valence-corrected chi connectivity index (χ0v) is 20.9. The Morgan fingerprint density at radius 2 is 1.80 bits per heavy atom. The number of benzene rings is 1. The van der Waals surface area contributed by atoms with Crippen molar-refractivity contribution in [1.82, 2.24) is 14.5 Å². The lowest BCUT2D eigenvalue weighted by Gasteiger charge is -2.25. The second kappa shape index (κ2) is 10.0. The van der Waals surface area contributed by atoms with Gasteiger partial charge in [-0.05, 0) is 55.4 Å². The fourth-order valence-corrected chi connectivity index (χ4v) is 5.72. The van der Waals surface area contributed by atoms with Crippen LogP contribution in [-0.2, 0) is 24.2 Å². The third-order valence-corrected chi connectivity index (χ3v) is 7.59. The number of anilines is 2. The first kappa shape index (κ1) is 23.3. The second-order valence-corrected chi connectivity index (χ2v) is 9.67. The summed E-state index contributed by atoms with van der Waals surface area (Å²) in [6, 6.07) is 9.58. The molecule has 1 aromatic carbocycles. The van der Waals surface area contributed by atoms with Crippen LogP contribution < -0.4 is 15.9 Å². The standard InChI is InChI=1S/C26H29N5O3S/c1-3-17-10-8-11-18(4-2)21(17)27-20(32)16-31-24-23(22(28-25(31)33)19-12-9-15-34-19)29-26(35-24)30-13-6-5-7-14-30/h8-12,15H,3-7,13-14,16H2,1-2H3,(H,27,32). The highest BCUT2D eigenvalue weighted by Crippen LogP contribution is 2.34. The van der Waals surface area contributed by atoms with Crippen LogP contribution in [0.4, 0.5) is 10.8 Å². The summed E-state index contributed by atoms with van der Waals surface area (Å²) in [6.45, 7) is 5.86. The van der Waals surface area contributed by atoms with E-state index >= 15 is 0 Å². The Labute approximate surface area is 207 Å². The summed E-state index contributed by atoms with van der Waals surface area (Å²) < 4.78 is 6.98. The average Bonchev–Trinajstić information content (AvgIpc) is 3.57. The zero-order chi connectivity index (χ0) is 24.4. The maximum atomic E-state index is 13.2. The van der Waals surface area contributed by atoms with Gasteiger partial charge in [0, 0.05) is 18.8 Å². The van der Waals surface area contributed by atoms with Gasteiger partial charge in [-0.3, -0.25) is 9.36 Å². The Kier molecular flexibility index (Phi) is 6.68. The number of thiazole rings is 1. The molecule has 0 bridgehead atoms. The third kappa shape index (κ3) is 4.60. The van der Waals surface area contributed by atoms with Crippen LogP contribution in [0.15, 0.2) is 45.8 Å². The molecule has 1 aliphatic heterocycles. The molecule has 35 heavy (non-hydrogen) atoms. The Bertz CT molecular complexity index is 1380. The number of hydrogen-bond donors (Lipinski definition) is 1. The summed E-state index contributed by atoms with van der Waals surface area (Å²) >= 11 is 1.44. The number of nitrogens with one attached hydrogen (secondary N) is 1. The van der Waals surface area contributed by atoms with Gasteiger partial charge in [0.15, 0.2) is 10.9 Å². The minimum Gasteiger partial charge on any atom is -0.463 e. The number of hydrogen-bond acceptors (Lipinski definition) is 7. The molecule has 0 unspecified atom stereocenters. The molecule has 0 saturated carbocycles. The number of aromatic nitrogens is 3. The molecule has 1 aliphatic rings. The Balaban J connectivity index is 1.54. The SMILES string of the molecule is CCc1cccc(CC)c1NC(=O)Cn1c(=O)nc(-c2ccco2)c2nc(N3CCCCC3)sc21. The van der Waals surface area contributed by atoms with E-state index in [-0.39, 0.29) is 12.5 Å². The van der Waals surface area contributed by atoms with Crippen molar-refractivity contribution in [3.63, 3.8) is 0 Å². The van der Waals surface area contributed by atoms with Crippen LogP contribution in [-0.4, -0.2) is 33.5 Å². The number of carbonyl (C=O) groups is 1. The molecule has 4 aromatic rings. The topological polar surface area (TPSA) is 93.3 Å². The van der Waals surface area contributed by atoms with E-state index in [2.05, 4.69) is 29.0 Å². The molecule has 8 nitrogen and oxygen atoms in total. The van der Waals surface area contributed by atoms with E-state index in [0.717, 1.165) is 60.7 Å². The van der Waals surface area contributed by atoms with Crippen LogP contribution in [0, 0.1) is 0 Å². The van der Waals surface area contributed by atoms with E-state index in [9.17, 15) is 9.59 Å². The summed E-state index contributed by atoms with van der Waals surface area (Å²) in [7, 11) is 0. The van der Waals surface area contributed by atoms with E-state index in [1.165, 1.54) is 22.3 Å². The molecular weight excluding hydrogens is 462 g/mol. The number of para-hydroxylation sites is 1. The van der Waals surface area contributed by atoms with Crippen molar-refractivity contribution >= 4 is 38.4 Å². The van der Waals surface area contributed by atoms with Gasteiger partial charge in [0.1, 0.15) is 22.6 Å². The molecule has 0 radical (unpaired) electrons. The van der Waals surface area contributed by atoms with Gasteiger partial charge in [0.2, 0.25) is 5.91 Å². The van der Waals surface area contributed by atoms with Crippen molar-refractivity contribution in [2.75, 3.05) is 23.3 Å². The first-order valence-electron chi connectivity index (χ1n) is 12.2. The van der Waals surface area contributed by atoms with Gasteiger partial charge >= 0.3 is 5.69 Å². The molecule has 1 amide bonds. The van der Waals surface area contributed by atoms with Crippen molar-refractivity contribution in [2.24, 2.45) is 0 Å². The van der Waals surface area contributed by atoms with Gasteiger partial charge in [-0.25, -0.2) is 9.78 Å². The molecule has 1 saturated heterocycles. The monoisotopic (exact) mass is 491 g/mol. The Morgan fingerprint density at radius 3 is 2.46 bits per heavy atom. The maximum Gasteiger partial charge on any atom is 0.349 e. The minimum atomic E-state index is -0.493. The smallest absolute Gasteiger partial charge is 0.349 e. The Morgan fingerprint density at radius 1 is 1.06 bits per heavy atom. The van der Waals surface area contributed by atoms with Crippen molar-refractivity contribution in [3.8, 4) is 11.5 Å². The number of nitrogens with zero attached hydrogens (tertiary/aromatic N) is 4. The third-order valence-electron chi connectivity index (χ3n) is 6.45. The van der Waals surface area contributed by atoms with E-state index in [1.807, 2.05) is 18.2 Å². The van der Waals surface area contributed by atoms with Gasteiger partial charge in [0.05, 0.1) is 6.26 Å². The predicted octanol–water partition coefficient (Wildman–Crippen LogP) is 4.87.